The monoisotopic (exact) mass is 340 g/mol. The maximum Gasteiger partial charge on any atom is 0.407 e. The van der Waals surface area contributed by atoms with Crippen LogP contribution in [0.15, 0.2) is 60.7 Å². The summed E-state index contributed by atoms with van der Waals surface area (Å²) in [7, 11) is 0. The van der Waals surface area contributed by atoms with Crippen LogP contribution in [-0.4, -0.2) is 41.3 Å². The van der Waals surface area contributed by atoms with Crippen molar-refractivity contribution >= 4 is 6.09 Å². The molecule has 1 saturated heterocycles. The summed E-state index contributed by atoms with van der Waals surface area (Å²) in [5.74, 6) is 0. The summed E-state index contributed by atoms with van der Waals surface area (Å²) in [5.41, 5.74) is 2.31. The average molecular weight is 340 g/mol. The number of hydrogen-bond acceptors (Lipinski definition) is 3. The molecule has 1 aliphatic heterocycles. The minimum absolute atomic E-state index is 0.138. The van der Waals surface area contributed by atoms with Crippen LogP contribution in [0, 0.1) is 0 Å². The number of piperidine rings is 1. The molecule has 0 radical (unpaired) electrons. The summed E-state index contributed by atoms with van der Waals surface area (Å²) in [4.78, 5) is 12.8. The molecule has 25 heavy (non-hydrogen) atoms. The second kappa shape index (κ2) is 8.65. The van der Waals surface area contributed by atoms with Gasteiger partial charge in [0.15, 0.2) is 0 Å². The summed E-state index contributed by atoms with van der Waals surface area (Å²) in [5, 5.41) is 12.8. The molecule has 1 amide bonds. The van der Waals surface area contributed by atoms with E-state index in [9.17, 15) is 9.90 Å². The number of benzene rings is 2. The lowest BCUT2D eigenvalue weighted by atomic mass is 10.0. The van der Waals surface area contributed by atoms with Gasteiger partial charge in [-0.25, -0.2) is 4.79 Å². The van der Waals surface area contributed by atoms with Gasteiger partial charge >= 0.3 is 6.09 Å². The van der Waals surface area contributed by atoms with Gasteiger partial charge in [-0.2, -0.15) is 0 Å². The molecule has 2 atom stereocenters. The number of amides is 1. The van der Waals surface area contributed by atoms with Gasteiger partial charge in [-0.15, -0.1) is 0 Å². The quantitative estimate of drug-likeness (QED) is 0.848. The van der Waals surface area contributed by atoms with Crippen molar-refractivity contribution < 1.29 is 14.6 Å². The van der Waals surface area contributed by atoms with Crippen molar-refractivity contribution in [3.05, 3.63) is 71.8 Å². The summed E-state index contributed by atoms with van der Waals surface area (Å²) in [6, 6.07) is 20.3. The van der Waals surface area contributed by atoms with E-state index in [4.69, 9.17) is 4.74 Å². The van der Waals surface area contributed by atoms with E-state index >= 15 is 0 Å². The van der Waals surface area contributed by atoms with Crippen molar-refractivity contribution in [2.45, 2.75) is 31.7 Å². The fourth-order valence-electron chi connectivity index (χ4n) is 3.11. The molecule has 5 heteroatoms. The van der Waals surface area contributed by atoms with Gasteiger partial charge in [0.2, 0.25) is 0 Å². The van der Waals surface area contributed by atoms with Gasteiger partial charge in [-0.05, 0) is 17.5 Å². The topological polar surface area (TPSA) is 61.8 Å². The molecule has 0 bridgehead atoms. The molecule has 1 heterocycles. The van der Waals surface area contributed by atoms with Gasteiger partial charge in [0.1, 0.15) is 0 Å². The first-order valence-corrected chi connectivity index (χ1v) is 8.63. The number of rotatable bonds is 6. The largest absolute Gasteiger partial charge is 0.465 e. The molecular weight excluding hydrogens is 316 g/mol. The Morgan fingerprint density at radius 3 is 2.36 bits per heavy atom. The van der Waals surface area contributed by atoms with E-state index in [-0.39, 0.29) is 12.1 Å². The standard InChI is InChI=1S/C20H24N2O3/c23-20(24)22-12-11-18(21-13-16-7-3-1-4-8-16)19(14-22)25-15-17-9-5-2-6-10-17/h1-10,18-19,21H,11-15H2,(H,23,24)/t18-,19+/m1/s1. The zero-order chi connectivity index (χ0) is 17.5. The van der Waals surface area contributed by atoms with Crippen LogP contribution >= 0.6 is 0 Å². The Hall–Kier alpha value is -2.37. The number of nitrogens with zero attached hydrogens (tertiary/aromatic N) is 1. The molecule has 2 aromatic rings. The predicted molar refractivity (Wildman–Crippen MR) is 96.3 cm³/mol. The van der Waals surface area contributed by atoms with E-state index in [1.807, 2.05) is 48.5 Å². The summed E-state index contributed by atoms with van der Waals surface area (Å²) in [6.45, 7) is 2.17. The number of ether oxygens (including phenoxy) is 1. The van der Waals surface area contributed by atoms with E-state index in [2.05, 4.69) is 17.4 Å². The third-order valence-corrected chi connectivity index (χ3v) is 4.55. The second-order valence-corrected chi connectivity index (χ2v) is 6.33. The van der Waals surface area contributed by atoms with Gasteiger partial charge in [-0.1, -0.05) is 60.7 Å². The maximum absolute atomic E-state index is 11.3. The molecule has 5 nitrogen and oxygen atoms in total. The molecule has 132 valence electrons. The smallest absolute Gasteiger partial charge is 0.407 e. The third kappa shape index (κ3) is 5.05. The summed E-state index contributed by atoms with van der Waals surface area (Å²) in [6.07, 6.45) is -0.290. The van der Waals surface area contributed by atoms with Crippen molar-refractivity contribution in [1.29, 1.82) is 0 Å². The zero-order valence-corrected chi connectivity index (χ0v) is 14.2. The van der Waals surface area contributed by atoms with Crippen LogP contribution in [0.5, 0.6) is 0 Å². The lowest BCUT2D eigenvalue weighted by Gasteiger charge is -2.37. The normalized spacial score (nSPS) is 20.4. The van der Waals surface area contributed by atoms with E-state index in [0.717, 1.165) is 18.5 Å². The molecule has 0 spiro atoms. The van der Waals surface area contributed by atoms with Crippen molar-refractivity contribution in [3.63, 3.8) is 0 Å². The number of hydrogen-bond donors (Lipinski definition) is 2. The molecule has 1 aliphatic rings. The first-order chi connectivity index (χ1) is 12.2. The Morgan fingerprint density at radius 2 is 1.72 bits per heavy atom. The van der Waals surface area contributed by atoms with Crippen molar-refractivity contribution in [2.75, 3.05) is 13.1 Å². The Kier molecular flexibility index (Phi) is 6.04. The van der Waals surface area contributed by atoms with Crippen LogP contribution in [0.25, 0.3) is 0 Å². The zero-order valence-electron chi connectivity index (χ0n) is 14.2. The fourth-order valence-corrected chi connectivity index (χ4v) is 3.11. The lowest BCUT2D eigenvalue weighted by molar-refractivity contribution is -0.0269. The van der Waals surface area contributed by atoms with Crippen LogP contribution in [0.4, 0.5) is 4.79 Å². The molecule has 0 unspecified atom stereocenters. The Labute approximate surface area is 148 Å². The van der Waals surface area contributed by atoms with Gasteiger partial charge in [0, 0.05) is 19.1 Å². The molecular formula is C20H24N2O3. The van der Waals surface area contributed by atoms with Crippen LogP contribution in [0.1, 0.15) is 17.5 Å². The highest BCUT2D eigenvalue weighted by Gasteiger charge is 2.31. The van der Waals surface area contributed by atoms with E-state index in [1.54, 1.807) is 0 Å². The first-order valence-electron chi connectivity index (χ1n) is 8.63. The first kappa shape index (κ1) is 17.5. The van der Waals surface area contributed by atoms with Crippen LogP contribution in [0.3, 0.4) is 0 Å². The van der Waals surface area contributed by atoms with Crippen molar-refractivity contribution in [1.82, 2.24) is 10.2 Å². The highest BCUT2D eigenvalue weighted by Crippen LogP contribution is 2.17. The number of carboxylic acid groups (broad SMARTS) is 1. The Morgan fingerprint density at radius 1 is 1.08 bits per heavy atom. The van der Waals surface area contributed by atoms with E-state index in [1.165, 1.54) is 10.5 Å². The Balaban J connectivity index is 1.61. The van der Waals surface area contributed by atoms with Gasteiger partial charge in [0.05, 0.1) is 19.3 Å². The van der Waals surface area contributed by atoms with Gasteiger partial charge in [-0.3, -0.25) is 0 Å². The summed E-state index contributed by atoms with van der Waals surface area (Å²) < 4.78 is 6.08. The minimum atomic E-state index is -0.880. The molecule has 3 rings (SSSR count). The van der Waals surface area contributed by atoms with E-state index in [0.29, 0.717) is 19.7 Å². The molecule has 0 aliphatic carbocycles. The maximum atomic E-state index is 11.3. The minimum Gasteiger partial charge on any atom is -0.465 e. The molecule has 2 aromatic carbocycles. The highest BCUT2D eigenvalue weighted by molar-refractivity contribution is 5.65. The van der Waals surface area contributed by atoms with Gasteiger partial charge in [0.25, 0.3) is 0 Å². The highest BCUT2D eigenvalue weighted by atomic mass is 16.5. The molecule has 0 aromatic heterocycles. The SMILES string of the molecule is O=C(O)N1CC[C@@H](NCc2ccccc2)[C@@H](OCc2ccccc2)C1. The van der Waals surface area contributed by atoms with Crippen LogP contribution in [-0.2, 0) is 17.9 Å². The molecule has 0 saturated carbocycles. The number of likely N-dealkylation sites (tertiary alicyclic amines) is 1. The average Bonchev–Trinajstić information content (AvgIpc) is 2.66. The summed E-state index contributed by atoms with van der Waals surface area (Å²) >= 11 is 0. The van der Waals surface area contributed by atoms with Crippen molar-refractivity contribution in [2.24, 2.45) is 0 Å². The molecule has 2 N–H and O–H groups in total. The number of carbonyl (C=O) groups is 1. The second-order valence-electron chi connectivity index (χ2n) is 6.33. The fraction of sp³-hybridized carbons (Fsp3) is 0.350. The van der Waals surface area contributed by atoms with E-state index < -0.39 is 6.09 Å². The van der Waals surface area contributed by atoms with Crippen LogP contribution < -0.4 is 5.32 Å². The van der Waals surface area contributed by atoms with Crippen molar-refractivity contribution in [3.8, 4) is 0 Å². The predicted octanol–water partition coefficient (Wildman–Crippen LogP) is 3.11. The lowest BCUT2D eigenvalue weighted by Crippen LogP contribution is -2.54. The van der Waals surface area contributed by atoms with Gasteiger partial charge < -0.3 is 20.1 Å². The third-order valence-electron chi connectivity index (χ3n) is 4.55. The number of nitrogens with one attached hydrogen (secondary N) is 1. The van der Waals surface area contributed by atoms with Crippen LogP contribution in [0.2, 0.25) is 0 Å². The molecule has 1 fully saturated rings. The Bertz CT molecular complexity index is 663.